The lowest BCUT2D eigenvalue weighted by atomic mass is 9.42. The van der Waals surface area contributed by atoms with Crippen molar-refractivity contribution < 1.29 is 43.3 Å². The summed E-state index contributed by atoms with van der Waals surface area (Å²) in [6, 6.07) is 0. The van der Waals surface area contributed by atoms with E-state index in [1.807, 2.05) is 27.7 Å². The van der Waals surface area contributed by atoms with Crippen LogP contribution >= 0.6 is 0 Å². The molecule has 4 rings (SSSR count). The van der Waals surface area contributed by atoms with Crippen LogP contribution in [0.1, 0.15) is 93.9 Å². The van der Waals surface area contributed by atoms with Gasteiger partial charge in [-0.15, -0.1) is 0 Å². The number of fused-ring (bicyclic) bond motifs is 4. The molecule has 9 nitrogen and oxygen atoms in total. The van der Waals surface area contributed by atoms with Crippen LogP contribution in [0.3, 0.4) is 0 Å². The fourth-order valence-electron chi connectivity index (χ4n) is 9.37. The second-order valence-electron chi connectivity index (χ2n) is 14.6. The van der Waals surface area contributed by atoms with Crippen LogP contribution in [0.25, 0.3) is 0 Å². The number of aliphatic hydroxyl groups excluding tert-OH is 1. The minimum Gasteiger partial charge on any atom is -0.469 e. The van der Waals surface area contributed by atoms with E-state index >= 15 is 0 Å². The van der Waals surface area contributed by atoms with Crippen molar-refractivity contribution >= 4 is 35.1 Å². The van der Waals surface area contributed by atoms with Gasteiger partial charge in [-0.25, -0.2) is 0 Å². The molecule has 0 saturated heterocycles. The summed E-state index contributed by atoms with van der Waals surface area (Å²) in [6.07, 6.45) is -0.913. The van der Waals surface area contributed by atoms with E-state index in [0.717, 1.165) is 0 Å². The molecule has 4 aliphatic carbocycles. The first kappa shape index (κ1) is 32.2. The van der Waals surface area contributed by atoms with Crippen molar-refractivity contribution in [2.75, 3.05) is 7.11 Å². The van der Waals surface area contributed by atoms with Crippen LogP contribution in [0, 0.1) is 45.3 Å². The molecule has 2 fully saturated rings. The number of hydrogen-bond donors (Lipinski definition) is 1. The lowest BCUT2D eigenvalue weighted by molar-refractivity contribution is -0.176. The highest BCUT2D eigenvalue weighted by Gasteiger charge is 2.74. The zero-order chi connectivity index (χ0) is 31.7. The van der Waals surface area contributed by atoms with Gasteiger partial charge in [0, 0.05) is 54.6 Å². The molecule has 0 bridgehead atoms. The normalized spacial score (nSPS) is 38.7. The molecule has 0 amide bonds. The van der Waals surface area contributed by atoms with Crippen LogP contribution in [0.4, 0.5) is 0 Å². The van der Waals surface area contributed by atoms with Crippen LogP contribution in [-0.4, -0.2) is 59.5 Å². The Balaban J connectivity index is 1.85. The van der Waals surface area contributed by atoms with Gasteiger partial charge in [-0.1, -0.05) is 41.5 Å². The molecule has 4 aliphatic rings. The van der Waals surface area contributed by atoms with Crippen LogP contribution < -0.4 is 0 Å². The Kier molecular flexibility index (Phi) is 8.05. The summed E-state index contributed by atoms with van der Waals surface area (Å²) in [5.74, 6) is -4.18. The van der Waals surface area contributed by atoms with Crippen molar-refractivity contribution in [3.8, 4) is 0 Å². The average Bonchev–Trinajstić information content (AvgIpc) is 3.11. The average molecular weight is 587 g/mol. The first-order valence-corrected chi connectivity index (χ1v) is 15.1. The van der Waals surface area contributed by atoms with Crippen molar-refractivity contribution in [3.05, 3.63) is 11.1 Å². The molecule has 2 saturated carbocycles. The van der Waals surface area contributed by atoms with Gasteiger partial charge >= 0.3 is 11.9 Å². The molecule has 0 aromatic rings. The fourth-order valence-corrected chi connectivity index (χ4v) is 9.37. The van der Waals surface area contributed by atoms with Gasteiger partial charge in [0.15, 0.2) is 11.9 Å². The number of Topliss-reactive ketones (excluding diaryl/α,β-unsaturated/α-hetero) is 4. The molecule has 0 aromatic heterocycles. The zero-order valence-electron chi connectivity index (χ0n) is 26.4. The maximum Gasteiger partial charge on any atom is 0.308 e. The first-order chi connectivity index (χ1) is 19.3. The number of carbonyl (C=O) groups excluding carboxylic acids is 6. The topological polar surface area (TPSA) is 141 Å². The summed E-state index contributed by atoms with van der Waals surface area (Å²) in [7, 11) is 1.27. The van der Waals surface area contributed by atoms with Gasteiger partial charge in [0.1, 0.15) is 11.6 Å². The second-order valence-corrected chi connectivity index (χ2v) is 14.6. The molecule has 9 atom stereocenters. The number of aliphatic hydroxyl groups is 1. The van der Waals surface area contributed by atoms with Gasteiger partial charge in [0.2, 0.25) is 5.78 Å². The zero-order valence-corrected chi connectivity index (χ0v) is 26.4. The van der Waals surface area contributed by atoms with Gasteiger partial charge in [-0.05, 0) is 42.9 Å². The van der Waals surface area contributed by atoms with E-state index < -0.39 is 69.3 Å². The highest BCUT2D eigenvalue weighted by atomic mass is 16.5. The molecule has 232 valence electrons. The van der Waals surface area contributed by atoms with Gasteiger partial charge in [0.05, 0.1) is 24.5 Å². The Bertz CT molecular complexity index is 1280. The van der Waals surface area contributed by atoms with E-state index in [9.17, 15) is 33.9 Å². The maximum atomic E-state index is 14.7. The standard InChI is InChI=1S/C33H46O9/c1-16(12-19(35)13-17(2)29(40)41-9)20-14-24(38)33(8)25-21(36)15-22-30(4,5)23(37)10-11-31(22,6)26(25)27(39)28(32(20,33)7)42-18(3)34/h16-17,20,22-23,28,37H,10-15H2,1-9H3/t16?,17?,20-,22-,23+,28-,31+,32+,33+/m1/s1. The predicted molar refractivity (Wildman–Crippen MR) is 152 cm³/mol. The molecule has 2 unspecified atom stereocenters. The number of esters is 2. The summed E-state index contributed by atoms with van der Waals surface area (Å²) < 4.78 is 10.6. The number of allylic oxidation sites excluding steroid dienone is 1. The monoisotopic (exact) mass is 586 g/mol. The van der Waals surface area contributed by atoms with Crippen LogP contribution in [0.2, 0.25) is 0 Å². The number of rotatable bonds is 7. The van der Waals surface area contributed by atoms with Gasteiger partial charge in [0.25, 0.3) is 0 Å². The summed E-state index contributed by atoms with van der Waals surface area (Å²) in [5.41, 5.74) is -3.63. The molecular formula is C33H46O9. The van der Waals surface area contributed by atoms with E-state index in [4.69, 9.17) is 9.47 Å². The number of hydrogen-bond acceptors (Lipinski definition) is 9. The van der Waals surface area contributed by atoms with E-state index in [2.05, 4.69) is 0 Å². The molecule has 9 heteroatoms. The van der Waals surface area contributed by atoms with Crippen molar-refractivity contribution in [3.63, 3.8) is 0 Å². The Morgan fingerprint density at radius 3 is 2.17 bits per heavy atom. The number of methoxy groups -OCH3 is 1. The Morgan fingerprint density at radius 1 is 0.976 bits per heavy atom. The largest absolute Gasteiger partial charge is 0.469 e. The van der Waals surface area contributed by atoms with Crippen molar-refractivity contribution in [1.29, 1.82) is 0 Å². The molecule has 0 radical (unpaired) electrons. The van der Waals surface area contributed by atoms with E-state index in [-0.39, 0.29) is 60.1 Å². The highest BCUT2D eigenvalue weighted by Crippen LogP contribution is 2.70. The van der Waals surface area contributed by atoms with Gasteiger partial charge < -0.3 is 14.6 Å². The minimum absolute atomic E-state index is 0.0207. The molecular weight excluding hydrogens is 540 g/mol. The van der Waals surface area contributed by atoms with Gasteiger partial charge in [-0.2, -0.15) is 0 Å². The van der Waals surface area contributed by atoms with E-state index in [1.54, 1.807) is 20.8 Å². The second kappa shape index (κ2) is 10.5. The van der Waals surface area contributed by atoms with E-state index in [1.165, 1.54) is 14.0 Å². The molecule has 42 heavy (non-hydrogen) atoms. The molecule has 0 aliphatic heterocycles. The lowest BCUT2D eigenvalue weighted by Crippen LogP contribution is -2.65. The number of ketones is 4. The fraction of sp³-hybridized carbons (Fsp3) is 0.758. The number of ether oxygens (including phenoxy) is 2. The Morgan fingerprint density at radius 2 is 1.60 bits per heavy atom. The van der Waals surface area contributed by atoms with Crippen molar-refractivity contribution in [1.82, 2.24) is 0 Å². The van der Waals surface area contributed by atoms with Crippen LogP contribution in [0.5, 0.6) is 0 Å². The number of carbonyl (C=O) groups is 6. The third-order valence-corrected chi connectivity index (χ3v) is 12.0. The van der Waals surface area contributed by atoms with Crippen LogP contribution in [-0.2, 0) is 38.2 Å². The first-order valence-electron chi connectivity index (χ1n) is 15.1. The van der Waals surface area contributed by atoms with Crippen molar-refractivity contribution in [2.45, 2.75) is 106 Å². The maximum absolute atomic E-state index is 14.7. The summed E-state index contributed by atoms with van der Waals surface area (Å²) >= 11 is 0. The predicted octanol–water partition coefficient (Wildman–Crippen LogP) is 3.97. The Hall–Kier alpha value is -2.68. The summed E-state index contributed by atoms with van der Waals surface area (Å²) in [5, 5.41) is 10.9. The molecule has 0 aromatic carbocycles. The quantitative estimate of drug-likeness (QED) is 0.439. The van der Waals surface area contributed by atoms with E-state index in [0.29, 0.717) is 12.8 Å². The molecule has 1 N–H and O–H groups in total. The third kappa shape index (κ3) is 4.36. The lowest BCUT2D eigenvalue weighted by Gasteiger charge is -2.61. The summed E-state index contributed by atoms with van der Waals surface area (Å²) in [6.45, 7) is 13.9. The molecule has 0 spiro atoms. The van der Waals surface area contributed by atoms with Crippen molar-refractivity contribution in [2.24, 2.45) is 45.3 Å². The SMILES string of the molecule is COC(=O)C(C)CC(=O)CC(C)[C@H]1CC(=O)[C@@]2(C)C3=C(C(=O)[C@@H](OC(C)=O)[C@]12C)[C@@]1(C)CC[C@H](O)C(C)(C)[C@H]1CC3=O. The smallest absolute Gasteiger partial charge is 0.308 e. The Labute approximate surface area is 248 Å². The van der Waals surface area contributed by atoms with Crippen LogP contribution in [0.15, 0.2) is 11.1 Å². The highest BCUT2D eigenvalue weighted by molar-refractivity contribution is 6.18. The van der Waals surface area contributed by atoms with Gasteiger partial charge in [-0.3, -0.25) is 28.8 Å². The molecule has 0 heterocycles. The third-order valence-electron chi connectivity index (χ3n) is 12.0. The minimum atomic E-state index is -1.41. The summed E-state index contributed by atoms with van der Waals surface area (Å²) in [4.78, 5) is 80.4.